The monoisotopic (exact) mass is 392 g/mol. The molecule has 154 valence electrons. The molecule has 2 aliphatic heterocycles. The number of carbonyl (C=O) groups excluding carboxylic acids is 2. The lowest BCUT2D eigenvalue weighted by Crippen LogP contribution is -2.57. The highest BCUT2D eigenvalue weighted by Gasteiger charge is 2.57. The van der Waals surface area contributed by atoms with Gasteiger partial charge >= 0.3 is 6.03 Å². The van der Waals surface area contributed by atoms with Crippen LogP contribution in [0.5, 0.6) is 0 Å². The van der Waals surface area contributed by atoms with Gasteiger partial charge in [-0.25, -0.2) is 9.18 Å². The van der Waals surface area contributed by atoms with Crippen LogP contribution in [-0.4, -0.2) is 72.2 Å². The van der Waals surface area contributed by atoms with Gasteiger partial charge in [-0.15, -0.1) is 0 Å². The Morgan fingerprint density at radius 2 is 2.00 bits per heavy atom. The molecule has 8 heteroatoms. The van der Waals surface area contributed by atoms with Crippen LogP contribution < -0.4 is 4.90 Å². The molecule has 28 heavy (non-hydrogen) atoms. The molecule has 0 atom stereocenters. The zero-order chi connectivity index (χ0) is 20.3. The molecule has 0 aliphatic carbocycles. The molecule has 0 N–H and O–H groups in total. The van der Waals surface area contributed by atoms with Crippen LogP contribution in [0.1, 0.15) is 33.1 Å². The van der Waals surface area contributed by atoms with Crippen molar-refractivity contribution < 1.29 is 18.7 Å². The van der Waals surface area contributed by atoms with Gasteiger partial charge in [-0.05, 0) is 31.2 Å². The Morgan fingerprint density at radius 3 is 2.61 bits per heavy atom. The maximum absolute atomic E-state index is 14.1. The fourth-order valence-corrected chi connectivity index (χ4v) is 4.19. The van der Waals surface area contributed by atoms with Crippen LogP contribution in [0.15, 0.2) is 18.5 Å². The zero-order valence-corrected chi connectivity index (χ0v) is 16.9. The topological polar surface area (TPSA) is 66.0 Å². The highest BCUT2D eigenvalue weighted by Crippen LogP contribution is 2.39. The minimum atomic E-state index is -0.825. The van der Waals surface area contributed by atoms with Crippen LogP contribution in [0.2, 0.25) is 0 Å². The second kappa shape index (κ2) is 8.43. The number of aromatic nitrogens is 1. The summed E-state index contributed by atoms with van der Waals surface area (Å²) >= 11 is 0. The fourth-order valence-electron chi connectivity index (χ4n) is 4.19. The lowest BCUT2D eigenvalue weighted by atomic mass is 9.85. The van der Waals surface area contributed by atoms with Crippen LogP contribution in [0.25, 0.3) is 0 Å². The van der Waals surface area contributed by atoms with Crippen molar-refractivity contribution in [2.45, 2.75) is 38.6 Å². The zero-order valence-electron chi connectivity index (χ0n) is 16.9. The number of hydrogen-bond donors (Lipinski definition) is 0. The molecule has 2 saturated heterocycles. The lowest BCUT2D eigenvalue weighted by molar-refractivity contribution is -0.134. The van der Waals surface area contributed by atoms with Crippen LogP contribution in [-0.2, 0) is 9.53 Å². The number of carbonyl (C=O) groups is 2. The maximum Gasteiger partial charge on any atom is 0.327 e. The number of hydrogen-bond acceptors (Lipinski definition) is 5. The van der Waals surface area contributed by atoms with Crippen molar-refractivity contribution in [3.63, 3.8) is 0 Å². The van der Waals surface area contributed by atoms with E-state index in [1.165, 1.54) is 11.1 Å². The molecule has 0 saturated carbocycles. The van der Waals surface area contributed by atoms with E-state index in [1.54, 1.807) is 24.3 Å². The highest BCUT2D eigenvalue weighted by molar-refractivity contribution is 6.07. The Kier molecular flexibility index (Phi) is 6.17. The van der Waals surface area contributed by atoms with E-state index in [-0.39, 0.29) is 23.7 Å². The van der Waals surface area contributed by atoms with E-state index < -0.39 is 5.54 Å². The van der Waals surface area contributed by atoms with Crippen molar-refractivity contribution >= 4 is 17.6 Å². The second-order valence-electron chi connectivity index (χ2n) is 7.94. The Bertz CT molecular complexity index is 719. The van der Waals surface area contributed by atoms with Crippen molar-refractivity contribution in [1.82, 2.24) is 14.8 Å². The van der Waals surface area contributed by atoms with E-state index in [4.69, 9.17) is 4.74 Å². The van der Waals surface area contributed by atoms with Gasteiger partial charge in [0.15, 0.2) is 5.82 Å². The SMILES string of the molecule is COCCCN1C(=O)N(CC(C)C)C2(CCN(c3ccncc3F)CC2)C1=O. The third-order valence-corrected chi connectivity index (χ3v) is 5.58. The first kappa shape index (κ1) is 20.5. The second-order valence-corrected chi connectivity index (χ2v) is 7.94. The number of imide groups is 1. The molecule has 1 aromatic rings. The maximum atomic E-state index is 14.1. The normalized spacial score (nSPS) is 19.4. The van der Waals surface area contributed by atoms with Crippen molar-refractivity contribution in [3.8, 4) is 0 Å². The summed E-state index contributed by atoms with van der Waals surface area (Å²) in [4.78, 5) is 35.2. The Morgan fingerprint density at radius 1 is 1.29 bits per heavy atom. The van der Waals surface area contributed by atoms with Gasteiger partial charge < -0.3 is 14.5 Å². The van der Waals surface area contributed by atoms with E-state index in [2.05, 4.69) is 4.98 Å². The van der Waals surface area contributed by atoms with Gasteiger partial charge in [-0.1, -0.05) is 13.8 Å². The van der Waals surface area contributed by atoms with Crippen LogP contribution in [0, 0.1) is 11.7 Å². The summed E-state index contributed by atoms with van der Waals surface area (Å²) in [7, 11) is 1.61. The van der Waals surface area contributed by atoms with Gasteiger partial charge in [0.2, 0.25) is 0 Å². The van der Waals surface area contributed by atoms with Crippen LogP contribution in [0.4, 0.5) is 14.9 Å². The fraction of sp³-hybridized carbons (Fsp3) is 0.650. The smallest absolute Gasteiger partial charge is 0.327 e. The average Bonchev–Trinajstić information content (AvgIpc) is 2.85. The van der Waals surface area contributed by atoms with Crippen molar-refractivity contribution in [3.05, 3.63) is 24.3 Å². The summed E-state index contributed by atoms with van der Waals surface area (Å²) in [6.45, 7) is 6.52. The summed E-state index contributed by atoms with van der Waals surface area (Å²) in [6.07, 6.45) is 4.37. The number of ether oxygens (including phenoxy) is 1. The van der Waals surface area contributed by atoms with Gasteiger partial charge in [-0.3, -0.25) is 14.7 Å². The number of nitrogens with zero attached hydrogens (tertiary/aromatic N) is 4. The lowest BCUT2D eigenvalue weighted by Gasteiger charge is -2.43. The molecule has 1 aromatic heterocycles. The summed E-state index contributed by atoms with van der Waals surface area (Å²) in [5.41, 5.74) is -0.331. The molecule has 3 heterocycles. The van der Waals surface area contributed by atoms with Gasteiger partial charge in [0.05, 0.1) is 11.9 Å². The number of urea groups is 1. The van der Waals surface area contributed by atoms with Crippen molar-refractivity contribution in [2.24, 2.45) is 5.92 Å². The predicted octanol–water partition coefficient (Wildman–Crippen LogP) is 2.52. The van der Waals surface area contributed by atoms with Gasteiger partial charge in [0.25, 0.3) is 5.91 Å². The summed E-state index contributed by atoms with van der Waals surface area (Å²) in [5, 5.41) is 0. The van der Waals surface area contributed by atoms with E-state index >= 15 is 0 Å². The number of methoxy groups -OCH3 is 1. The molecule has 2 fully saturated rings. The molecular formula is C20H29FN4O3. The molecule has 2 aliphatic rings. The summed E-state index contributed by atoms with van der Waals surface area (Å²) in [6, 6.07) is 1.44. The van der Waals surface area contributed by atoms with E-state index in [0.29, 0.717) is 57.7 Å². The molecule has 0 unspecified atom stereocenters. The van der Waals surface area contributed by atoms with Gasteiger partial charge in [-0.2, -0.15) is 0 Å². The molecule has 7 nitrogen and oxygen atoms in total. The van der Waals surface area contributed by atoms with Crippen molar-refractivity contribution in [1.29, 1.82) is 0 Å². The largest absolute Gasteiger partial charge is 0.385 e. The molecule has 0 radical (unpaired) electrons. The van der Waals surface area contributed by atoms with Gasteiger partial charge in [0, 0.05) is 46.1 Å². The number of anilines is 1. The molecule has 0 aromatic carbocycles. The first-order valence-corrected chi connectivity index (χ1v) is 9.87. The Balaban J connectivity index is 1.80. The molecule has 3 rings (SSSR count). The first-order chi connectivity index (χ1) is 13.4. The quantitative estimate of drug-likeness (QED) is 0.527. The minimum absolute atomic E-state index is 0.121. The standard InChI is InChI=1S/C20H29FN4O3/c1-15(2)14-25-19(27)24(9-4-12-28-3)18(26)20(25)6-10-23(11-7-20)17-5-8-22-13-16(17)21/h5,8,13,15H,4,6-7,9-12,14H2,1-3H3. The Labute approximate surface area is 165 Å². The molecule has 0 bridgehead atoms. The van der Waals surface area contributed by atoms with Gasteiger partial charge in [0.1, 0.15) is 5.54 Å². The average molecular weight is 392 g/mol. The molecule has 1 spiro atoms. The Hall–Kier alpha value is -2.22. The number of amides is 3. The number of pyridine rings is 1. The van der Waals surface area contributed by atoms with E-state index in [9.17, 15) is 14.0 Å². The number of rotatable bonds is 7. The first-order valence-electron chi connectivity index (χ1n) is 9.87. The third kappa shape index (κ3) is 3.70. The van der Waals surface area contributed by atoms with Crippen LogP contribution >= 0.6 is 0 Å². The molecule has 3 amide bonds. The predicted molar refractivity (Wildman–Crippen MR) is 104 cm³/mol. The highest BCUT2D eigenvalue weighted by atomic mass is 19.1. The van der Waals surface area contributed by atoms with Crippen LogP contribution in [0.3, 0.4) is 0 Å². The number of piperidine rings is 1. The van der Waals surface area contributed by atoms with Crippen molar-refractivity contribution in [2.75, 3.05) is 44.8 Å². The third-order valence-electron chi connectivity index (χ3n) is 5.58. The minimum Gasteiger partial charge on any atom is -0.385 e. The summed E-state index contributed by atoms with van der Waals surface area (Å²) < 4.78 is 19.2. The van der Waals surface area contributed by atoms with E-state index in [1.807, 2.05) is 18.7 Å². The molecular weight excluding hydrogens is 363 g/mol. The van der Waals surface area contributed by atoms with E-state index in [0.717, 1.165) is 0 Å². The number of halogens is 1. The summed E-state index contributed by atoms with van der Waals surface area (Å²) in [5.74, 6) is -0.236.